The Kier molecular flexibility index (Phi) is 14.5. The van der Waals surface area contributed by atoms with Crippen molar-refractivity contribution in [3.05, 3.63) is 30.3 Å². The molecular formula is C17H32O2PS2Zn. The molecule has 0 aliphatic carbocycles. The first kappa shape index (κ1) is 23.8. The minimum absolute atomic E-state index is 0.890. The van der Waals surface area contributed by atoms with Crippen molar-refractivity contribution in [3.8, 4) is 0 Å². The molecule has 1 aromatic carbocycles. The third-order valence-corrected chi connectivity index (χ3v) is 14.3. The molecule has 0 heterocycles. The molecule has 0 radical (unpaired) electrons. The van der Waals surface area contributed by atoms with Gasteiger partial charge in [-0.05, 0) is 11.8 Å². The van der Waals surface area contributed by atoms with Crippen molar-refractivity contribution in [2.45, 2.75) is 62.9 Å². The van der Waals surface area contributed by atoms with Crippen LogP contribution in [0.15, 0.2) is 30.3 Å². The normalized spacial score (nSPS) is 11.1. The van der Waals surface area contributed by atoms with E-state index in [1.54, 1.807) is 9.17 Å². The standard InChI is InChI=1S/C7H15.C6H5.C4H9.H3O2PS2.Zn/c1-3-5-7-6-4-2;1-2-4-6-5-3-1;1-4(2)3;1-3(2,4)5;/h1,3-7H2,2H3;1-5H;4H,1H2,2-3H3;(H3,1,2,4,5);. The quantitative estimate of drug-likeness (QED) is 0.210. The molecule has 0 unspecified atom stereocenters. The number of benzene rings is 1. The first-order valence-electron chi connectivity index (χ1n) is 8.82. The Morgan fingerprint density at radius 1 is 1.09 bits per heavy atom. The fourth-order valence-corrected chi connectivity index (χ4v) is 12.2. The summed E-state index contributed by atoms with van der Waals surface area (Å²) >= 11 is 5.63. The van der Waals surface area contributed by atoms with Gasteiger partial charge in [0, 0.05) is 0 Å². The molecule has 0 amide bonds. The average molecular weight is 429 g/mol. The fraction of sp³-hybridized carbons (Fsp3) is 0.647. The van der Waals surface area contributed by atoms with Gasteiger partial charge in [0.1, 0.15) is 0 Å². The summed E-state index contributed by atoms with van der Waals surface area (Å²) in [4.78, 5) is 15.7. The van der Waals surface area contributed by atoms with Crippen LogP contribution in [0.5, 0.6) is 0 Å². The maximum atomic E-state index is 7.87. The summed E-state index contributed by atoms with van der Waals surface area (Å²) in [6, 6.07) is 11.4. The Balaban J connectivity index is 0.000000841. The summed E-state index contributed by atoms with van der Waals surface area (Å²) in [5.74, 6) is 0.890. The van der Waals surface area contributed by atoms with Crippen molar-refractivity contribution in [1.82, 2.24) is 0 Å². The molecule has 6 heteroatoms. The van der Waals surface area contributed by atoms with E-state index in [4.69, 9.17) is 9.79 Å². The summed E-state index contributed by atoms with van der Waals surface area (Å²) in [5, 5.41) is 3.11. The van der Waals surface area contributed by atoms with Gasteiger partial charge >= 0.3 is 119 Å². The number of thiol groups is 1. The molecule has 0 saturated carbocycles. The van der Waals surface area contributed by atoms with Gasteiger partial charge in [0.15, 0.2) is 0 Å². The average Bonchev–Trinajstić information content (AvgIpc) is 2.44. The van der Waals surface area contributed by atoms with Crippen molar-refractivity contribution >= 4 is 33.9 Å². The summed E-state index contributed by atoms with van der Waals surface area (Å²) in [7, 11) is 0. The second-order valence-electron chi connectivity index (χ2n) is 6.80. The second kappa shape index (κ2) is 14.0. The van der Waals surface area contributed by atoms with Gasteiger partial charge in [-0.25, -0.2) is 0 Å². The summed E-state index contributed by atoms with van der Waals surface area (Å²) < 4.78 is 1.75. The van der Waals surface area contributed by atoms with E-state index in [9.17, 15) is 0 Å². The molecule has 0 atom stereocenters. The molecule has 1 aromatic rings. The molecule has 0 spiro atoms. The minimum atomic E-state index is -3.11. The van der Waals surface area contributed by atoms with E-state index in [0.717, 1.165) is 5.92 Å². The van der Waals surface area contributed by atoms with E-state index in [1.165, 1.54) is 37.1 Å². The summed E-state index contributed by atoms with van der Waals surface area (Å²) in [6.07, 6.45) is 7.19. The molecular weight excluding hydrogens is 397 g/mol. The first-order chi connectivity index (χ1) is 10.7. The van der Waals surface area contributed by atoms with Crippen molar-refractivity contribution in [1.29, 1.82) is 0 Å². The van der Waals surface area contributed by atoms with E-state index < -0.39 is 21.6 Å². The van der Waals surface area contributed by atoms with Gasteiger partial charge in [0.05, 0.1) is 0 Å². The van der Waals surface area contributed by atoms with Crippen LogP contribution in [0, 0.1) is 5.92 Å². The summed E-state index contributed by atoms with van der Waals surface area (Å²) in [6.45, 7) is 7.08. The molecule has 131 valence electrons. The molecule has 23 heavy (non-hydrogen) atoms. The molecule has 0 aliphatic rings. The third kappa shape index (κ3) is 17.4. The van der Waals surface area contributed by atoms with Crippen LogP contribution in [0.4, 0.5) is 0 Å². The zero-order chi connectivity index (χ0) is 17.7. The van der Waals surface area contributed by atoms with Crippen molar-refractivity contribution < 1.29 is 25.7 Å². The number of rotatable bonds is 9. The van der Waals surface area contributed by atoms with Crippen LogP contribution in [0.2, 0.25) is 10.0 Å². The van der Waals surface area contributed by atoms with Crippen LogP contribution in [0.1, 0.15) is 52.9 Å². The number of unbranched alkanes of at least 4 members (excludes halogenated alkanes) is 4. The molecule has 0 bridgehead atoms. The van der Waals surface area contributed by atoms with E-state index in [-0.39, 0.29) is 0 Å². The molecule has 0 saturated heterocycles. The molecule has 0 aromatic heterocycles. The van der Waals surface area contributed by atoms with Crippen LogP contribution in [-0.4, -0.2) is 9.79 Å². The van der Waals surface area contributed by atoms with Gasteiger partial charge in [0.2, 0.25) is 5.69 Å². The Bertz CT molecular complexity index is 429. The van der Waals surface area contributed by atoms with Crippen molar-refractivity contribution in [2.24, 2.45) is 5.92 Å². The van der Waals surface area contributed by atoms with E-state index >= 15 is 0 Å². The zero-order valence-electron chi connectivity index (χ0n) is 14.8. The largest absolute Gasteiger partial charge is 0.338 e. The Hall–Kier alpha value is 0.763. The van der Waals surface area contributed by atoms with Crippen LogP contribution in [0.3, 0.4) is 0 Å². The van der Waals surface area contributed by atoms with Crippen molar-refractivity contribution in [3.63, 3.8) is 0 Å². The van der Waals surface area contributed by atoms with Crippen LogP contribution < -0.4 is 4.16 Å². The number of hydrogen-bond donors (Lipinski definition) is 3. The van der Waals surface area contributed by atoms with Gasteiger partial charge in [-0.15, -0.1) is 0 Å². The molecule has 2 nitrogen and oxygen atoms in total. The molecule has 2 N–H and O–H groups in total. The Morgan fingerprint density at radius 2 is 1.61 bits per heavy atom. The van der Waals surface area contributed by atoms with Crippen LogP contribution in [-0.2, 0) is 27.8 Å². The van der Waals surface area contributed by atoms with E-state index in [1.807, 2.05) is 0 Å². The molecule has 0 aliphatic heterocycles. The second-order valence-corrected chi connectivity index (χ2v) is 19.8. The molecule has 1 rings (SSSR count). The van der Waals surface area contributed by atoms with Gasteiger partial charge in [0.25, 0.3) is 0 Å². The topological polar surface area (TPSA) is 40.5 Å². The monoisotopic (exact) mass is 427 g/mol. The van der Waals surface area contributed by atoms with Crippen LogP contribution >= 0.6 is 17.9 Å². The number of hydrogen-bond acceptors (Lipinski definition) is 1. The molecule has 0 fully saturated rings. The zero-order valence-corrected chi connectivity index (χ0v) is 20.4. The Labute approximate surface area is 158 Å². The van der Waals surface area contributed by atoms with Gasteiger partial charge in [-0.1, -0.05) is 12.2 Å². The SMILES string of the molecule is CCCCCC[CH2][Zn]([CH2]C(C)C)[c]1ccccc1.OP(O)(=S)S. The van der Waals surface area contributed by atoms with Gasteiger partial charge in [-0.2, -0.15) is 0 Å². The van der Waals surface area contributed by atoms with Gasteiger partial charge < -0.3 is 9.79 Å². The summed E-state index contributed by atoms with van der Waals surface area (Å²) in [5.41, 5.74) is -3.11. The van der Waals surface area contributed by atoms with Crippen molar-refractivity contribution in [2.75, 3.05) is 0 Å². The van der Waals surface area contributed by atoms with E-state index in [0.29, 0.717) is 0 Å². The van der Waals surface area contributed by atoms with Crippen LogP contribution in [0.25, 0.3) is 0 Å². The third-order valence-electron chi connectivity index (χ3n) is 4.13. The minimum Gasteiger partial charge on any atom is -0.338 e. The maximum absolute atomic E-state index is 7.87. The first-order valence-corrected chi connectivity index (χ1v) is 18.4. The smallest absolute Gasteiger partial charge is 0.239 e. The predicted octanol–water partition coefficient (Wildman–Crippen LogP) is 5.52. The maximum Gasteiger partial charge on any atom is 0.239 e. The predicted molar refractivity (Wildman–Crippen MR) is 107 cm³/mol. The Morgan fingerprint density at radius 3 is 2.09 bits per heavy atom. The fourth-order valence-electron chi connectivity index (χ4n) is 3.11. The van der Waals surface area contributed by atoms with E-state index in [2.05, 4.69) is 75.2 Å². The van der Waals surface area contributed by atoms with Gasteiger partial charge in [-0.3, -0.25) is 0 Å².